The average molecular weight is 546 g/mol. The largest absolute Gasteiger partial charge is 0.497 e. The molecule has 0 bridgehead atoms. The molecule has 0 N–H and O–H groups in total. The molecule has 5 rings (SSSR count). The van der Waals surface area contributed by atoms with Gasteiger partial charge in [-0.25, -0.2) is 8.42 Å². The summed E-state index contributed by atoms with van der Waals surface area (Å²) in [7, 11) is -2.08. The number of carbonyl (C=O) groups excluding carboxylic acids is 1. The molecule has 0 saturated carbocycles. The van der Waals surface area contributed by atoms with Crippen LogP contribution in [0.4, 0.5) is 5.69 Å². The Morgan fingerprint density at radius 2 is 1.64 bits per heavy atom. The lowest BCUT2D eigenvalue weighted by Crippen LogP contribution is -2.51. The minimum absolute atomic E-state index is 0.0140. The molecule has 3 heterocycles. The Labute approximate surface area is 220 Å². The van der Waals surface area contributed by atoms with Gasteiger partial charge < -0.3 is 14.5 Å². The van der Waals surface area contributed by atoms with Crippen LogP contribution in [0.2, 0.25) is 4.34 Å². The van der Waals surface area contributed by atoms with Crippen LogP contribution < -0.4 is 9.64 Å². The van der Waals surface area contributed by atoms with E-state index < -0.39 is 15.9 Å². The van der Waals surface area contributed by atoms with Crippen LogP contribution in [-0.2, 0) is 14.8 Å². The number of hydrogen-bond acceptors (Lipinski definition) is 6. The zero-order valence-corrected chi connectivity index (χ0v) is 22.3. The summed E-state index contributed by atoms with van der Waals surface area (Å²) in [5.74, 6) is 0.180. The Morgan fingerprint density at radius 3 is 2.25 bits per heavy atom. The number of ether oxygens (including phenoxy) is 1. The van der Waals surface area contributed by atoms with Gasteiger partial charge in [0, 0.05) is 50.9 Å². The summed E-state index contributed by atoms with van der Waals surface area (Å²) in [4.78, 5) is 17.9. The maximum Gasteiger partial charge on any atom is 0.252 e. The lowest BCUT2D eigenvalue weighted by molar-refractivity contribution is -0.135. The number of hydrogen-bond donors (Lipinski definition) is 0. The van der Waals surface area contributed by atoms with E-state index in [2.05, 4.69) is 4.90 Å². The third-order valence-corrected chi connectivity index (χ3v) is 10.5. The van der Waals surface area contributed by atoms with Gasteiger partial charge in [-0.1, -0.05) is 41.9 Å². The summed E-state index contributed by atoms with van der Waals surface area (Å²) in [6.07, 6.45) is 0. The fourth-order valence-corrected chi connectivity index (χ4v) is 8.16. The smallest absolute Gasteiger partial charge is 0.252 e. The fraction of sp³-hybridized carbons (Fsp3) is 0.346. The van der Waals surface area contributed by atoms with Gasteiger partial charge in [0.2, 0.25) is 5.91 Å². The molecule has 0 aliphatic carbocycles. The second-order valence-electron chi connectivity index (χ2n) is 9.01. The van der Waals surface area contributed by atoms with Crippen molar-refractivity contribution >= 4 is 44.6 Å². The third kappa shape index (κ3) is 4.98. The standard InChI is InChI=1S/C26H28ClN3O4S2/c1-34-21-9-7-20(8-10-21)28-13-15-29(16-14-28)26(31)23-18-30(17-22(23)19-5-3-2-4-6-19)36(32,33)25-12-11-24(27)35-25/h2-12,22-23H,13-18H2,1H3/t22-,23+/m0/s1. The summed E-state index contributed by atoms with van der Waals surface area (Å²) in [6, 6.07) is 20.8. The van der Waals surface area contributed by atoms with E-state index in [1.807, 2.05) is 59.5 Å². The van der Waals surface area contributed by atoms with Crippen LogP contribution in [0.25, 0.3) is 0 Å². The number of nitrogens with zero attached hydrogens (tertiary/aromatic N) is 3. The molecule has 3 aromatic rings. The molecule has 0 radical (unpaired) electrons. The Balaban J connectivity index is 1.33. The third-order valence-electron chi connectivity index (χ3n) is 7.00. The SMILES string of the molecule is COc1ccc(N2CCN(C(=O)[C@@H]3CN(S(=O)(=O)c4ccc(Cl)s4)C[C@H]3c3ccccc3)CC2)cc1. The molecule has 2 fully saturated rings. The molecule has 0 spiro atoms. The van der Waals surface area contributed by atoms with Gasteiger partial charge in [-0.3, -0.25) is 4.79 Å². The number of methoxy groups -OCH3 is 1. The minimum atomic E-state index is -3.73. The number of rotatable bonds is 6. The zero-order chi connectivity index (χ0) is 25.3. The molecule has 1 aromatic heterocycles. The van der Waals surface area contributed by atoms with Crippen LogP contribution >= 0.6 is 22.9 Å². The van der Waals surface area contributed by atoms with Gasteiger partial charge in [-0.05, 0) is 42.0 Å². The number of halogens is 1. The topological polar surface area (TPSA) is 70.2 Å². The van der Waals surface area contributed by atoms with E-state index in [1.165, 1.54) is 10.4 Å². The molecule has 0 unspecified atom stereocenters. The van der Waals surface area contributed by atoms with E-state index in [-0.39, 0.29) is 29.1 Å². The van der Waals surface area contributed by atoms with Crippen molar-refractivity contribution in [3.8, 4) is 5.75 Å². The van der Waals surface area contributed by atoms with Crippen molar-refractivity contribution in [1.29, 1.82) is 0 Å². The van der Waals surface area contributed by atoms with Gasteiger partial charge in [0.05, 0.1) is 17.4 Å². The van der Waals surface area contributed by atoms with E-state index in [1.54, 1.807) is 13.2 Å². The summed E-state index contributed by atoms with van der Waals surface area (Å²) >= 11 is 7.06. The van der Waals surface area contributed by atoms with Gasteiger partial charge in [-0.2, -0.15) is 4.31 Å². The van der Waals surface area contributed by atoms with Gasteiger partial charge in [0.15, 0.2) is 0 Å². The van der Waals surface area contributed by atoms with Crippen molar-refractivity contribution in [3.63, 3.8) is 0 Å². The zero-order valence-electron chi connectivity index (χ0n) is 19.9. The molecule has 2 aliphatic rings. The lowest BCUT2D eigenvalue weighted by Gasteiger charge is -2.38. The fourth-order valence-electron chi connectivity index (χ4n) is 5.03. The number of piperazine rings is 1. The Bertz CT molecular complexity index is 1310. The van der Waals surface area contributed by atoms with Gasteiger partial charge >= 0.3 is 0 Å². The van der Waals surface area contributed by atoms with Crippen LogP contribution in [-0.4, -0.2) is 69.9 Å². The molecule has 36 heavy (non-hydrogen) atoms. The normalized spacial score (nSPS) is 21.1. The number of amides is 1. The highest BCUT2D eigenvalue weighted by atomic mass is 35.5. The van der Waals surface area contributed by atoms with Crippen LogP contribution in [0, 0.1) is 5.92 Å². The van der Waals surface area contributed by atoms with E-state index in [9.17, 15) is 13.2 Å². The van der Waals surface area contributed by atoms with Crippen molar-refractivity contribution in [3.05, 3.63) is 76.6 Å². The molecule has 2 aromatic carbocycles. The Kier molecular flexibility index (Phi) is 7.25. The molecule has 2 atom stereocenters. The van der Waals surface area contributed by atoms with E-state index in [0.717, 1.165) is 41.4 Å². The van der Waals surface area contributed by atoms with Crippen LogP contribution in [0.3, 0.4) is 0 Å². The predicted octanol–water partition coefficient (Wildman–Crippen LogP) is 4.16. The number of benzene rings is 2. The summed E-state index contributed by atoms with van der Waals surface area (Å²) in [5, 5.41) is 0. The highest BCUT2D eigenvalue weighted by molar-refractivity contribution is 7.91. The summed E-state index contributed by atoms with van der Waals surface area (Å²) < 4.78 is 34.0. The highest BCUT2D eigenvalue weighted by Gasteiger charge is 2.45. The second-order valence-corrected chi connectivity index (χ2v) is 12.9. The van der Waals surface area contributed by atoms with Crippen molar-refractivity contribution in [1.82, 2.24) is 9.21 Å². The van der Waals surface area contributed by atoms with Crippen molar-refractivity contribution in [2.75, 3.05) is 51.3 Å². The van der Waals surface area contributed by atoms with Gasteiger partial charge in [-0.15, -0.1) is 11.3 Å². The minimum Gasteiger partial charge on any atom is -0.497 e. The molecule has 2 saturated heterocycles. The first-order valence-corrected chi connectivity index (χ1v) is 14.5. The monoisotopic (exact) mass is 545 g/mol. The molecule has 1 amide bonds. The first-order valence-electron chi connectivity index (χ1n) is 11.8. The van der Waals surface area contributed by atoms with Gasteiger partial charge in [0.1, 0.15) is 9.96 Å². The second kappa shape index (κ2) is 10.4. The average Bonchev–Trinajstić information content (AvgIpc) is 3.57. The molecule has 2 aliphatic heterocycles. The number of sulfonamides is 1. The van der Waals surface area contributed by atoms with Crippen molar-refractivity contribution in [2.45, 2.75) is 10.1 Å². The first-order chi connectivity index (χ1) is 17.4. The predicted molar refractivity (Wildman–Crippen MR) is 143 cm³/mol. The number of carbonyl (C=O) groups is 1. The molecular weight excluding hydrogens is 518 g/mol. The maximum absolute atomic E-state index is 13.8. The van der Waals surface area contributed by atoms with Crippen molar-refractivity contribution < 1.29 is 17.9 Å². The van der Waals surface area contributed by atoms with Gasteiger partial charge in [0.25, 0.3) is 10.0 Å². The Morgan fingerprint density at radius 1 is 0.944 bits per heavy atom. The van der Waals surface area contributed by atoms with E-state index >= 15 is 0 Å². The molecular formula is C26H28ClN3O4S2. The van der Waals surface area contributed by atoms with Crippen molar-refractivity contribution in [2.24, 2.45) is 5.92 Å². The maximum atomic E-state index is 13.8. The highest BCUT2D eigenvalue weighted by Crippen LogP contribution is 2.38. The molecule has 190 valence electrons. The van der Waals surface area contributed by atoms with E-state index in [4.69, 9.17) is 16.3 Å². The lowest BCUT2D eigenvalue weighted by atomic mass is 9.88. The van der Waals surface area contributed by atoms with Crippen LogP contribution in [0.5, 0.6) is 5.75 Å². The Hall–Kier alpha value is -2.59. The first kappa shape index (κ1) is 25.1. The number of thiophene rings is 1. The quantitative estimate of drug-likeness (QED) is 0.465. The van der Waals surface area contributed by atoms with E-state index in [0.29, 0.717) is 17.4 Å². The molecule has 7 nitrogen and oxygen atoms in total. The summed E-state index contributed by atoms with van der Waals surface area (Å²) in [6.45, 7) is 3.05. The molecule has 10 heteroatoms. The van der Waals surface area contributed by atoms with Crippen LogP contribution in [0.1, 0.15) is 11.5 Å². The summed E-state index contributed by atoms with van der Waals surface area (Å²) in [5.41, 5.74) is 2.08. The van der Waals surface area contributed by atoms with Crippen LogP contribution in [0.15, 0.2) is 70.9 Å². The number of anilines is 1.